The van der Waals surface area contributed by atoms with Gasteiger partial charge in [-0.3, -0.25) is 9.48 Å². The van der Waals surface area contributed by atoms with E-state index in [9.17, 15) is 4.79 Å². The predicted octanol–water partition coefficient (Wildman–Crippen LogP) is 2.34. The molecule has 0 spiro atoms. The van der Waals surface area contributed by atoms with Crippen molar-refractivity contribution in [1.82, 2.24) is 24.6 Å². The molecule has 4 rings (SSSR count). The van der Waals surface area contributed by atoms with Crippen molar-refractivity contribution in [2.24, 2.45) is 0 Å². The fourth-order valence-corrected chi connectivity index (χ4v) is 3.34. The Labute approximate surface area is 135 Å². The molecule has 2 fully saturated rings. The van der Waals surface area contributed by atoms with Gasteiger partial charge in [0, 0.05) is 31.4 Å². The molecule has 6 nitrogen and oxygen atoms in total. The van der Waals surface area contributed by atoms with Crippen LogP contribution in [0.3, 0.4) is 0 Å². The number of piperidine rings is 1. The van der Waals surface area contributed by atoms with Crippen molar-refractivity contribution < 1.29 is 4.79 Å². The zero-order valence-corrected chi connectivity index (χ0v) is 13.4. The zero-order valence-electron chi connectivity index (χ0n) is 13.4. The number of aromatic nitrogens is 4. The summed E-state index contributed by atoms with van der Waals surface area (Å²) in [6.07, 6.45) is 11.5. The summed E-state index contributed by atoms with van der Waals surface area (Å²) >= 11 is 0. The molecule has 3 heterocycles. The third kappa shape index (κ3) is 2.85. The van der Waals surface area contributed by atoms with Gasteiger partial charge in [-0.2, -0.15) is 5.10 Å². The summed E-state index contributed by atoms with van der Waals surface area (Å²) in [5.74, 6) is 0.521. The Bertz CT molecular complexity index is 721. The second kappa shape index (κ2) is 5.76. The molecule has 2 aromatic heterocycles. The van der Waals surface area contributed by atoms with Crippen molar-refractivity contribution in [2.75, 3.05) is 13.1 Å². The molecule has 1 amide bonds. The van der Waals surface area contributed by atoms with E-state index in [0.29, 0.717) is 18.0 Å². The number of rotatable bonds is 3. The van der Waals surface area contributed by atoms with Gasteiger partial charge in [-0.25, -0.2) is 9.97 Å². The molecule has 0 N–H and O–H groups in total. The van der Waals surface area contributed by atoms with E-state index in [1.54, 1.807) is 12.5 Å². The van der Waals surface area contributed by atoms with Crippen molar-refractivity contribution in [3.63, 3.8) is 0 Å². The van der Waals surface area contributed by atoms with Gasteiger partial charge in [0.15, 0.2) is 0 Å². The molecule has 0 aromatic carbocycles. The van der Waals surface area contributed by atoms with Crippen LogP contribution in [0.4, 0.5) is 0 Å². The minimum Gasteiger partial charge on any atom is -0.336 e. The lowest BCUT2D eigenvalue weighted by Gasteiger charge is -2.33. The van der Waals surface area contributed by atoms with Crippen LogP contribution in [0.2, 0.25) is 0 Å². The molecule has 1 saturated heterocycles. The van der Waals surface area contributed by atoms with E-state index in [4.69, 9.17) is 0 Å². The van der Waals surface area contributed by atoms with Crippen LogP contribution in [-0.4, -0.2) is 43.6 Å². The summed E-state index contributed by atoms with van der Waals surface area (Å²) in [5.41, 5.74) is 2.77. The molecule has 6 heteroatoms. The molecule has 0 bridgehead atoms. The number of carbonyl (C=O) groups excluding carboxylic acids is 1. The Morgan fingerprint density at radius 2 is 2.13 bits per heavy atom. The van der Waals surface area contributed by atoms with Crippen LogP contribution in [0.25, 0.3) is 0 Å². The molecule has 1 saturated carbocycles. The van der Waals surface area contributed by atoms with Crippen LogP contribution in [-0.2, 0) is 0 Å². The predicted molar refractivity (Wildman–Crippen MR) is 85.1 cm³/mol. The van der Waals surface area contributed by atoms with Gasteiger partial charge in [0.2, 0.25) is 0 Å². The van der Waals surface area contributed by atoms with Crippen molar-refractivity contribution in [3.05, 3.63) is 41.7 Å². The Morgan fingerprint density at radius 1 is 1.26 bits per heavy atom. The average molecular weight is 311 g/mol. The quantitative estimate of drug-likeness (QED) is 0.873. The highest BCUT2D eigenvalue weighted by Gasteiger charge is 2.33. The van der Waals surface area contributed by atoms with Crippen LogP contribution in [0.5, 0.6) is 0 Å². The Hall–Kier alpha value is -2.24. The maximum atomic E-state index is 13.0. The van der Waals surface area contributed by atoms with E-state index >= 15 is 0 Å². The number of hydrogen-bond donors (Lipinski definition) is 0. The van der Waals surface area contributed by atoms with E-state index in [2.05, 4.69) is 21.3 Å². The maximum Gasteiger partial charge on any atom is 0.257 e. The first-order valence-electron chi connectivity index (χ1n) is 8.32. The second-order valence-corrected chi connectivity index (χ2v) is 6.64. The summed E-state index contributed by atoms with van der Waals surface area (Å²) < 4.78 is 2.00. The lowest BCUT2D eigenvalue weighted by atomic mass is 10.0. The molecule has 2 aromatic rings. The lowest BCUT2D eigenvalue weighted by molar-refractivity contribution is 0.0670. The van der Waals surface area contributed by atoms with E-state index in [-0.39, 0.29) is 11.9 Å². The number of carbonyl (C=O) groups is 1. The molecular formula is C17H21N5O. The van der Waals surface area contributed by atoms with Gasteiger partial charge < -0.3 is 4.90 Å². The standard InChI is InChI=1S/C17H21N5O/c1-12-7-20-22(9-12)14-3-2-6-21(10-14)17(23)15-8-18-11-19-16(15)13-4-5-13/h7-9,11,13-14H,2-6,10H2,1H3. The average Bonchev–Trinajstić information content (AvgIpc) is 3.35. The van der Waals surface area contributed by atoms with Gasteiger partial charge >= 0.3 is 0 Å². The normalized spacial score (nSPS) is 21.4. The largest absolute Gasteiger partial charge is 0.336 e. The maximum absolute atomic E-state index is 13.0. The van der Waals surface area contributed by atoms with E-state index in [0.717, 1.165) is 43.5 Å². The smallest absolute Gasteiger partial charge is 0.257 e. The summed E-state index contributed by atoms with van der Waals surface area (Å²) in [4.78, 5) is 23.3. The van der Waals surface area contributed by atoms with E-state index in [1.165, 1.54) is 0 Å². The minimum absolute atomic E-state index is 0.0704. The molecule has 2 aliphatic rings. The first-order valence-corrected chi connectivity index (χ1v) is 8.32. The first-order chi connectivity index (χ1) is 11.2. The van der Waals surface area contributed by atoms with E-state index < -0.39 is 0 Å². The zero-order chi connectivity index (χ0) is 15.8. The van der Waals surface area contributed by atoms with Gasteiger partial charge in [0.1, 0.15) is 6.33 Å². The number of likely N-dealkylation sites (tertiary alicyclic amines) is 1. The highest BCUT2D eigenvalue weighted by Crippen LogP contribution is 2.40. The molecule has 1 aliphatic heterocycles. The molecule has 0 radical (unpaired) electrons. The lowest BCUT2D eigenvalue weighted by Crippen LogP contribution is -2.41. The van der Waals surface area contributed by atoms with Gasteiger partial charge in [-0.15, -0.1) is 0 Å². The number of aryl methyl sites for hydroxylation is 1. The first kappa shape index (κ1) is 14.4. The van der Waals surface area contributed by atoms with Crippen molar-refractivity contribution in [3.8, 4) is 0 Å². The Kier molecular flexibility index (Phi) is 3.59. The molecule has 23 heavy (non-hydrogen) atoms. The molecular weight excluding hydrogens is 290 g/mol. The summed E-state index contributed by atoms with van der Waals surface area (Å²) in [7, 11) is 0. The van der Waals surface area contributed by atoms with Crippen LogP contribution in [0, 0.1) is 6.92 Å². The van der Waals surface area contributed by atoms with Gasteiger partial charge in [0.25, 0.3) is 5.91 Å². The number of amides is 1. The summed E-state index contributed by atoms with van der Waals surface area (Å²) in [6.45, 7) is 3.55. The highest BCUT2D eigenvalue weighted by atomic mass is 16.2. The number of hydrogen-bond acceptors (Lipinski definition) is 4. The third-order valence-electron chi connectivity index (χ3n) is 4.73. The second-order valence-electron chi connectivity index (χ2n) is 6.64. The fraction of sp³-hybridized carbons (Fsp3) is 0.529. The topological polar surface area (TPSA) is 63.9 Å². The summed E-state index contributed by atoms with van der Waals surface area (Å²) in [5, 5.41) is 4.42. The van der Waals surface area contributed by atoms with Crippen molar-refractivity contribution in [2.45, 2.75) is 44.6 Å². The van der Waals surface area contributed by atoms with E-state index in [1.807, 2.05) is 22.7 Å². The molecule has 1 aliphatic carbocycles. The van der Waals surface area contributed by atoms with Gasteiger partial charge in [-0.05, 0) is 38.2 Å². The van der Waals surface area contributed by atoms with Crippen molar-refractivity contribution in [1.29, 1.82) is 0 Å². The van der Waals surface area contributed by atoms with Gasteiger partial charge in [-0.1, -0.05) is 0 Å². The Balaban J connectivity index is 1.54. The van der Waals surface area contributed by atoms with Gasteiger partial charge in [0.05, 0.1) is 23.5 Å². The highest BCUT2D eigenvalue weighted by molar-refractivity contribution is 5.95. The fourth-order valence-electron chi connectivity index (χ4n) is 3.34. The number of nitrogens with zero attached hydrogens (tertiary/aromatic N) is 5. The SMILES string of the molecule is Cc1cnn(C2CCCN(C(=O)c3cncnc3C3CC3)C2)c1. The molecule has 1 unspecified atom stereocenters. The van der Waals surface area contributed by atoms with Crippen LogP contribution < -0.4 is 0 Å². The van der Waals surface area contributed by atoms with Crippen LogP contribution in [0.1, 0.15) is 59.3 Å². The molecule has 120 valence electrons. The summed E-state index contributed by atoms with van der Waals surface area (Å²) in [6, 6.07) is 0.260. The van der Waals surface area contributed by atoms with Crippen LogP contribution >= 0.6 is 0 Å². The van der Waals surface area contributed by atoms with Crippen LogP contribution in [0.15, 0.2) is 24.9 Å². The van der Waals surface area contributed by atoms with Crippen molar-refractivity contribution >= 4 is 5.91 Å². The molecule has 1 atom stereocenters. The minimum atomic E-state index is 0.0704. The third-order valence-corrected chi connectivity index (χ3v) is 4.73. The Morgan fingerprint density at radius 3 is 2.87 bits per heavy atom. The monoisotopic (exact) mass is 311 g/mol.